The maximum Gasteiger partial charge on any atom is 0.137 e. The van der Waals surface area contributed by atoms with Crippen molar-refractivity contribution in [3.63, 3.8) is 0 Å². The molecule has 0 unspecified atom stereocenters. The van der Waals surface area contributed by atoms with E-state index >= 15 is 0 Å². The number of alkyl halides is 1. The van der Waals surface area contributed by atoms with E-state index in [1.165, 1.54) is 0 Å². The predicted molar refractivity (Wildman–Crippen MR) is 65.2 cm³/mol. The average molecular weight is 245 g/mol. The second kappa shape index (κ2) is 4.01. The van der Waals surface area contributed by atoms with Crippen LogP contribution in [0.2, 0.25) is 0 Å². The minimum atomic E-state index is 0.502. The molecule has 0 fully saturated rings. The lowest BCUT2D eigenvalue weighted by atomic mass is 10.2. The predicted octanol–water partition coefficient (Wildman–Crippen LogP) is 3.94. The Hall–Kier alpha value is -0.380. The van der Waals surface area contributed by atoms with Crippen molar-refractivity contribution in [2.75, 3.05) is 7.11 Å². The fourth-order valence-corrected chi connectivity index (χ4v) is 2.90. The van der Waals surface area contributed by atoms with Gasteiger partial charge in [0.2, 0.25) is 0 Å². The van der Waals surface area contributed by atoms with Gasteiger partial charge in [-0.05, 0) is 17.7 Å². The molecule has 14 heavy (non-hydrogen) atoms. The Bertz CT molecular complexity index is 464. The third kappa shape index (κ3) is 1.60. The number of thiol groups is 1. The highest BCUT2D eigenvalue weighted by atomic mass is 35.5. The van der Waals surface area contributed by atoms with Crippen LogP contribution in [0.1, 0.15) is 5.56 Å². The second-order valence-electron chi connectivity index (χ2n) is 2.93. The first-order valence-corrected chi connectivity index (χ1v) is 5.95. The summed E-state index contributed by atoms with van der Waals surface area (Å²) in [5.41, 5.74) is 1.07. The molecular weight excluding hydrogens is 236 g/mol. The Morgan fingerprint density at radius 1 is 1.50 bits per heavy atom. The summed E-state index contributed by atoms with van der Waals surface area (Å²) in [6, 6.07) is 4.05. The minimum absolute atomic E-state index is 0.502. The van der Waals surface area contributed by atoms with E-state index in [0.717, 1.165) is 26.3 Å². The second-order valence-corrected chi connectivity index (χ2v) is 4.56. The Morgan fingerprint density at radius 3 is 2.93 bits per heavy atom. The van der Waals surface area contributed by atoms with Gasteiger partial charge >= 0.3 is 0 Å². The zero-order valence-electron chi connectivity index (χ0n) is 7.58. The van der Waals surface area contributed by atoms with Crippen molar-refractivity contribution in [3.8, 4) is 5.75 Å². The maximum absolute atomic E-state index is 5.79. The van der Waals surface area contributed by atoms with E-state index in [9.17, 15) is 0 Å². The first kappa shape index (κ1) is 10.1. The summed E-state index contributed by atoms with van der Waals surface area (Å²) in [6.45, 7) is 0. The Balaban J connectivity index is 2.73. The van der Waals surface area contributed by atoms with Crippen LogP contribution in [0.15, 0.2) is 22.4 Å². The standard InChI is InChI=1S/C10H9ClOS2/c1-12-8-5-14-10-7(8)2-6(4-11)3-9(10)13/h2-3,5,13H,4H2,1H3. The van der Waals surface area contributed by atoms with Gasteiger partial charge < -0.3 is 4.74 Å². The molecule has 74 valence electrons. The highest BCUT2D eigenvalue weighted by molar-refractivity contribution is 7.80. The van der Waals surface area contributed by atoms with Crippen LogP contribution >= 0.6 is 35.6 Å². The third-order valence-corrected chi connectivity index (χ3v) is 3.87. The molecule has 2 aromatic rings. The molecule has 1 aromatic heterocycles. The van der Waals surface area contributed by atoms with Crippen LogP contribution in [-0.4, -0.2) is 7.11 Å². The molecule has 0 amide bonds. The lowest BCUT2D eigenvalue weighted by Gasteiger charge is -2.01. The van der Waals surface area contributed by atoms with Crippen LogP contribution < -0.4 is 4.74 Å². The molecule has 0 atom stereocenters. The molecule has 1 heterocycles. The van der Waals surface area contributed by atoms with Crippen molar-refractivity contribution in [2.45, 2.75) is 10.8 Å². The highest BCUT2D eigenvalue weighted by Crippen LogP contribution is 2.37. The molecule has 0 aliphatic heterocycles. The average Bonchev–Trinajstić information content (AvgIpc) is 2.61. The quantitative estimate of drug-likeness (QED) is 0.622. The van der Waals surface area contributed by atoms with Crippen LogP contribution in [0.4, 0.5) is 0 Å². The summed E-state index contributed by atoms with van der Waals surface area (Å²) in [6.07, 6.45) is 0. The van der Waals surface area contributed by atoms with Crippen LogP contribution in [0, 0.1) is 0 Å². The molecule has 0 N–H and O–H groups in total. The van der Waals surface area contributed by atoms with E-state index in [2.05, 4.69) is 18.7 Å². The third-order valence-electron chi connectivity index (χ3n) is 2.05. The molecule has 1 aromatic carbocycles. The topological polar surface area (TPSA) is 9.23 Å². The van der Waals surface area contributed by atoms with Crippen LogP contribution in [0.25, 0.3) is 10.1 Å². The van der Waals surface area contributed by atoms with E-state index in [1.54, 1.807) is 18.4 Å². The Morgan fingerprint density at radius 2 is 2.29 bits per heavy atom. The highest BCUT2D eigenvalue weighted by Gasteiger charge is 2.08. The van der Waals surface area contributed by atoms with Crippen molar-refractivity contribution < 1.29 is 4.74 Å². The zero-order chi connectivity index (χ0) is 10.1. The van der Waals surface area contributed by atoms with Crippen molar-refractivity contribution in [3.05, 3.63) is 23.1 Å². The lowest BCUT2D eigenvalue weighted by molar-refractivity contribution is 0.421. The largest absolute Gasteiger partial charge is 0.495 e. The van der Waals surface area contributed by atoms with Gasteiger partial charge in [0, 0.05) is 21.5 Å². The van der Waals surface area contributed by atoms with Gasteiger partial charge in [-0.15, -0.1) is 35.6 Å². The number of ether oxygens (including phenoxy) is 1. The van der Waals surface area contributed by atoms with Gasteiger partial charge in [-0.2, -0.15) is 0 Å². The number of halogens is 1. The number of benzene rings is 1. The fourth-order valence-electron chi connectivity index (χ4n) is 1.39. The van der Waals surface area contributed by atoms with Crippen molar-refractivity contribution >= 4 is 45.7 Å². The van der Waals surface area contributed by atoms with Gasteiger partial charge in [-0.25, -0.2) is 0 Å². The van der Waals surface area contributed by atoms with E-state index in [-0.39, 0.29) is 0 Å². The van der Waals surface area contributed by atoms with Gasteiger partial charge in [-0.3, -0.25) is 0 Å². The lowest BCUT2D eigenvalue weighted by Crippen LogP contribution is -1.82. The Labute approximate surface area is 97.1 Å². The van der Waals surface area contributed by atoms with Gasteiger partial charge in [0.15, 0.2) is 0 Å². The van der Waals surface area contributed by atoms with E-state index in [4.69, 9.17) is 16.3 Å². The maximum atomic E-state index is 5.79. The first-order chi connectivity index (χ1) is 6.76. The molecule has 0 aliphatic carbocycles. The van der Waals surface area contributed by atoms with E-state index < -0.39 is 0 Å². The normalized spacial score (nSPS) is 10.8. The molecule has 1 nitrogen and oxygen atoms in total. The van der Waals surface area contributed by atoms with E-state index in [0.29, 0.717) is 5.88 Å². The molecular formula is C10H9ClOS2. The van der Waals surface area contributed by atoms with Gasteiger partial charge in [0.25, 0.3) is 0 Å². The van der Waals surface area contributed by atoms with Crippen molar-refractivity contribution in [1.82, 2.24) is 0 Å². The SMILES string of the molecule is COc1csc2c(S)cc(CCl)cc12. The number of rotatable bonds is 2. The Kier molecular flexibility index (Phi) is 2.91. The first-order valence-electron chi connectivity index (χ1n) is 4.09. The molecule has 0 bridgehead atoms. The molecule has 0 spiro atoms. The molecule has 2 rings (SSSR count). The van der Waals surface area contributed by atoms with Crippen molar-refractivity contribution in [1.29, 1.82) is 0 Å². The number of fused-ring (bicyclic) bond motifs is 1. The van der Waals surface area contributed by atoms with E-state index in [1.807, 2.05) is 11.4 Å². The molecule has 0 saturated carbocycles. The fraction of sp³-hybridized carbons (Fsp3) is 0.200. The van der Waals surface area contributed by atoms with Crippen LogP contribution in [0.5, 0.6) is 5.75 Å². The monoisotopic (exact) mass is 244 g/mol. The van der Waals surface area contributed by atoms with Gasteiger partial charge in [0.05, 0.1) is 11.8 Å². The summed E-state index contributed by atoms with van der Waals surface area (Å²) >= 11 is 11.9. The summed E-state index contributed by atoms with van der Waals surface area (Å²) in [7, 11) is 1.67. The van der Waals surface area contributed by atoms with Crippen molar-refractivity contribution in [2.24, 2.45) is 0 Å². The summed E-state index contributed by atoms with van der Waals surface area (Å²) in [5, 5.41) is 3.09. The smallest absolute Gasteiger partial charge is 0.137 e. The molecule has 0 radical (unpaired) electrons. The molecule has 4 heteroatoms. The summed E-state index contributed by atoms with van der Waals surface area (Å²) in [4.78, 5) is 0.964. The molecule has 0 aliphatic rings. The minimum Gasteiger partial charge on any atom is -0.495 e. The number of hydrogen-bond acceptors (Lipinski definition) is 3. The summed E-state index contributed by atoms with van der Waals surface area (Å²) < 4.78 is 6.41. The summed E-state index contributed by atoms with van der Waals surface area (Å²) in [5.74, 6) is 1.40. The van der Waals surface area contributed by atoms with Gasteiger partial charge in [-0.1, -0.05) is 0 Å². The number of thiophene rings is 1. The zero-order valence-corrected chi connectivity index (χ0v) is 10.0. The van der Waals surface area contributed by atoms with Crippen LogP contribution in [0.3, 0.4) is 0 Å². The number of methoxy groups -OCH3 is 1. The van der Waals surface area contributed by atoms with Gasteiger partial charge in [0.1, 0.15) is 5.75 Å². The molecule has 0 saturated heterocycles. The number of hydrogen-bond donors (Lipinski definition) is 1. The van der Waals surface area contributed by atoms with Crippen LogP contribution in [-0.2, 0) is 5.88 Å².